The molecule has 2 aromatic rings. The van der Waals surface area contributed by atoms with Crippen molar-refractivity contribution in [2.24, 2.45) is 0 Å². The van der Waals surface area contributed by atoms with Crippen LogP contribution < -0.4 is 28.6 Å². The molecule has 0 spiro atoms. The maximum Gasteiger partial charge on any atom is 0.231 e. The zero-order valence-electron chi connectivity index (χ0n) is 17.9. The number of rotatable bonds is 6. The van der Waals surface area contributed by atoms with Crippen molar-refractivity contribution in [3.63, 3.8) is 0 Å². The van der Waals surface area contributed by atoms with Crippen LogP contribution in [-0.4, -0.2) is 47.0 Å². The van der Waals surface area contributed by atoms with Crippen LogP contribution in [0.1, 0.15) is 34.5 Å². The van der Waals surface area contributed by atoms with Gasteiger partial charge in [-0.25, -0.2) is 0 Å². The van der Waals surface area contributed by atoms with Crippen molar-refractivity contribution in [2.45, 2.75) is 19.4 Å². The number of hydrogen-bond donors (Lipinski definition) is 1. The van der Waals surface area contributed by atoms with Gasteiger partial charge in [0, 0.05) is 12.0 Å². The number of ether oxygens (including phenoxy) is 5. The third kappa shape index (κ3) is 4.12. The third-order valence-electron chi connectivity index (χ3n) is 5.47. The molecule has 2 aliphatic rings. The number of nitrogens with one attached hydrogen (secondary N) is 1. The van der Waals surface area contributed by atoms with Crippen molar-refractivity contribution in [3.05, 3.63) is 41.0 Å². The fraction of sp³-hybridized carbons (Fsp3) is 0.375. The highest BCUT2D eigenvalue weighted by atomic mass is 16.7. The van der Waals surface area contributed by atoms with Crippen molar-refractivity contribution in [2.75, 3.05) is 40.7 Å². The maximum atomic E-state index is 11.0. The number of carbonyl (C=O) groups is 1. The SMILES string of the molecule is CCOc1cc(C=O)ccc1OCC#C[C@@H]1c2c(cc3c(c2OC)OCO3)CC[NH+]1C. The first kappa shape index (κ1) is 20.9. The number of methoxy groups -OCH3 is 1. The number of hydrogen-bond acceptors (Lipinski definition) is 6. The zero-order valence-corrected chi connectivity index (χ0v) is 17.9. The third-order valence-corrected chi connectivity index (χ3v) is 5.47. The van der Waals surface area contributed by atoms with Crippen LogP contribution in [0.2, 0.25) is 0 Å². The molecule has 2 aromatic carbocycles. The average molecular weight is 424 g/mol. The lowest BCUT2D eigenvalue weighted by molar-refractivity contribution is -0.905. The summed E-state index contributed by atoms with van der Waals surface area (Å²) in [5.74, 6) is 9.68. The Kier molecular flexibility index (Phi) is 6.19. The van der Waals surface area contributed by atoms with E-state index in [2.05, 4.69) is 18.9 Å². The first-order valence-corrected chi connectivity index (χ1v) is 10.3. The summed E-state index contributed by atoms with van der Waals surface area (Å²) >= 11 is 0. The smallest absolute Gasteiger partial charge is 0.231 e. The second-order valence-electron chi connectivity index (χ2n) is 7.36. The highest BCUT2D eigenvalue weighted by Crippen LogP contribution is 2.47. The molecule has 7 nitrogen and oxygen atoms in total. The molecule has 31 heavy (non-hydrogen) atoms. The van der Waals surface area contributed by atoms with Gasteiger partial charge in [-0.2, -0.15) is 0 Å². The van der Waals surface area contributed by atoms with E-state index >= 15 is 0 Å². The predicted octanol–water partition coefficient (Wildman–Crippen LogP) is 1.83. The van der Waals surface area contributed by atoms with Crippen LogP contribution in [0.4, 0.5) is 0 Å². The number of carbonyl (C=O) groups excluding carboxylic acids is 1. The topological polar surface area (TPSA) is 67.7 Å². The quantitative estimate of drug-likeness (QED) is 0.564. The van der Waals surface area contributed by atoms with Gasteiger partial charge in [-0.3, -0.25) is 4.79 Å². The highest BCUT2D eigenvalue weighted by molar-refractivity contribution is 5.76. The van der Waals surface area contributed by atoms with Gasteiger partial charge in [0.15, 0.2) is 29.0 Å². The van der Waals surface area contributed by atoms with Crippen LogP contribution >= 0.6 is 0 Å². The van der Waals surface area contributed by atoms with Crippen LogP contribution in [0.5, 0.6) is 28.7 Å². The Bertz CT molecular complexity index is 1040. The molecule has 2 atom stereocenters. The molecule has 7 heteroatoms. The normalized spacial score (nSPS) is 18.4. The summed E-state index contributed by atoms with van der Waals surface area (Å²) < 4.78 is 28.3. The second kappa shape index (κ2) is 9.19. The minimum absolute atomic E-state index is 0.0689. The Morgan fingerprint density at radius 2 is 2.10 bits per heavy atom. The molecule has 0 bridgehead atoms. The lowest BCUT2D eigenvalue weighted by Gasteiger charge is -2.30. The van der Waals surface area contributed by atoms with E-state index < -0.39 is 0 Å². The van der Waals surface area contributed by atoms with Gasteiger partial charge in [0.1, 0.15) is 12.9 Å². The molecule has 2 aliphatic heterocycles. The monoisotopic (exact) mass is 424 g/mol. The van der Waals surface area contributed by atoms with Crippen LogP contribution in [0.25, 0.3) is 0 Å². The summed E-state index contributed by atoms with van der Waals surface area (Å²) in [6.07, 6.45) is 1.70. The van der Waals surface area contributed by atoms with E-state index in [9.17, 15) is 4.79 Å². The summed E-state index contributed by atoms with van der Waals surface area (Å²) in [6, 6.07) is 7.07. The summed E-state index contributed by atoms with van der Waals surface area (Å²) in [4.78, 5) is 12.3. The molecule has 162 valence electrons. The molecule has 0 amide bonds. The van der Waals surface area contributed by atoms with E-state index in [0.29, 0.717) is 35.2 Å². The van der Waals surface area contributed by atoms with Crippen molar-refractivity contribution >= 4 is 6.29 Å². The lowest BCUT2D eigenvalue weighted by atomic mass is 9.91. The van der Waals surface area contributed by atoms with Crippen molar-refractivity contribution < 1.29 is 33.4 Å². The van der Waals surface area contributed by atoms with E-state index in [0.717, 1.165) is 30.6 Å². The predicted molar refractivity (Wildman–Crippen MR) is 114 cm³/mol. The molecular formula is C24H26NO6+. The van der Waals surface area contributed by atoms with Gasteiger partial charge in [0.05, 0.1) is 32.9 Å². The van der Waals surface area contributed by atoms with E-state index in [1.807, 2.05) is 13.0 Å². The molecule has 0 saturated carbocycles. The van der Waals surface area contributed by atoms with Gasteiger partial charge in [-0.1, -0.05) is 5.92 Å². The molecular weight excluding hydrogens is 398 g/mol. The highest BCUT2D eigenvalue weighted by Gasteiger charge is 2.35. The molecule has 1 unspecified atom stereocenters. The average Bonchev–Trinajstić information content (AvgIpc) is 3.25. The first-order chi connectivity index (χ1) is 15.2. The lowest BCUT2D eigenvalue weighted by Crippen LogP contribution is -3.10. The van der Waals surface area contributed by atoms with Gasteiger partial charge in [0.25, 0.3) is 0 Å². The molecule has 0 fully saturated rings. The molecule has 0 saturated heterocycles. The Labute approximate surface area is 181 Å². The van der Waals surface area contributed by atoms with Crippen molar-refractivity contribution in [1.29, 1.82) is 0 Å². The van der Waals surface area contributed by atoms with Gasteiger partial charge in [-0.05, 0) is 42.7 Å². The molecule has 0 radical (unpaired) electrons. The van der Waals surface area contributed by atoms with Crippen LogP contribution in [0.15, 0.2) is 24.3 Å². The van der Waals surface area contributed by atoms with Crippen LogP contribution in [0.3, 0.4) is 0 Å². The second-order valence-corrected chi connectivity index (χ2v) is 7.36. The Morgan fingerprint density at radius 3 is 2.87 bits per heavy atom. The van der Waals surface area contributed by atoms with E-state index in [1.54, 1.807) is 25.3 Å². The summed E-state index contributed by atoms with van der Waals surface area (Å²) in [7, 11) is 3.77. The zero-order chi connectivity index (χ0) is 21.8. The Balaban J connectivity index is 1.56. The van der Waals surface area contributed by atoms with Gasteiger partial charge < -0.3 is 28.6 Å². The van der Waals surface area contributed by atoms with Crippen LogP contribution in [0, 0.1) is 11.8 Å². The molecule has 1 N–H and O–H groups in total. The van der Waals surface area contributed by atoms with E-state index in [4.69, 9.17) is 23.7 Å². The number of benzene rings is 2. The van der Waals surface area contributed by atoms with E-state index in [-0.39, 0.29) is 19.4 Å². The number of fused-ring (bicyclic) bond motifs is 2. The molecule has 2 heterocycles. The largest absolute Gasteiger partial charge is 0.492 e. The van der Waals surface area contributed by atoms with Gasteiger partial charge in [-0.15, -0.1) is 0 Å². The Hall–Kier alpha value is -3.37. The minimum atomic E-state index is -0.0689. The minimum Gasteiger partial charge on any atom is -0.492 e. The van der Waals surface area contributed by atoms with Crippen molar-refractivity contribution in [1.82, 2.24) is 0 Å². The molecule has 4 rings (SSSR count). The summed E-state index contributed by atoms with van der Waals surface area (Å²) in [6.45, 7) is 3.72. The van der Waals surface area contributed by atoms with Crippen molar-refractivity contribution in [3.8, 4) is 40.6 Å². The molecule has 0 aliphatic carbocycles. The van der Waals surface area contributed by atoms with Crippen LogP contribution in [-0.2, 0) is 6.42 Å². The summed E-state index contributed by atoms with van der Waals surface area (Å²) in [5, 5.41) is 0. The molecule has 0 aromatic heterocycles. The van der Waals surface area contributed by atoms with Gasteiger partial charge in [0.2, 0.25) is 12.5 Å². The number of aldehydes is 1. The fourth-order valence-corrected chi connectivity index (χ4v) is 3.96. The maximum absolute atomic E-state index is 11.0. The number of quaternary nitrogens is 1. The first-order valence-electron chi connectivity index (χ1n) is 10.3. The van der Waals surface area contributed by atoms with E-state index in [1.165, 1.54) is 10.5 Å². The standard InChI is InChI=1S/C24H25NO6/c1-4-28-20-12-16(14-26)7-8-19(20)29-11-5-6-18-22-17(9-10-25(18)2)13-21-23(24(22)27-3)31-15-30-21/h7-8,12-14,18H,4,9-11,15H2,1-3H3/p+1/t18-/m1/s1. The summed E-state index contributed by atoms with van der Waals surface area (Å²) in [5.41, 5.74) is 2.76. The number of likely N-dealkylation sites (N-methyl/N-ethyl adjacent to an activating group) is 1. The van der Waals surface area contributed by atoms with Gasteiger partial charge >= 0.3 is 0 Å². The fourth-order valence-electron chi connectivity index (χ4n) is 3.96. The Morgan fingerprint density at radius 1 is 1.23 bits per heavy atom.